The molecule has 0 fully saturated rings. The maximum atomic E-state index is 13.4. The SMILES string of the molecule is CCCCCCCCCCCC(=O)O.CN(C)[C@@H]1C(O)=C(C(N)=O)C(=O)[C@@]2(O)C(O)=C3C(=O)c4c(O)ccc(Cl)c4[C@@](C)(O)[C@H]3C[C@@H]12. The van der Waals surface area contributed by atoms with Gasteiger partial charge in [-0.15, -0.1) is 0 Å². The summed E-state index contributed by atoms with van der Waals surface area (Å²) in [5.41, 5.74) is -1.21. The summed E-state index contributed by atoms with van der Waals surface area (Å²) < 4.78 is 0. The van der Waals surface area contributed by atoms with Crippen molar-refractivity contribution in [1.82, 2.24) is 4.90 Å². The lowest BCUT2D eigenvalue weighted by atomic mass is 9.55. The molecule has 4 rings (SSSR count). The Labute approximate surface area is 279 Å². The molecule has 0 aromatic heterocycles. The van der Waals surface area contributed by atoms with Crippen LogP contribution in [0.2, 0.25) is 5.02 Å². The molecule has 0 saturated heterocycles. The van der Waals surface area contributed by atoms with Gasteiger partial charge >= 0.3 is 5.97 Å². The number of nitrogens with two attached hydrogens (primary N) is 1. The van der Waals surface area contributed by atoms with Gasteiger partial charge in [0.25, 0.3) is 5.91 Å². The monoisotopic (exact) mass is 678 g/mol. The molecule has 3 aliphatic carbocycles. The summed E-state index contributed by atoms with van der Waals surface area (Å²) in [6.07, 6.45) is 11.2. The van der Waals surface area contributed by atoms with E-state index in [1.165, 1.54) is 76.9 Å². The van der Waals surface area contributed by atoms with Gasteiger partial charge in [-0.05, 0) is 46.0 Å². The molecule has 8 N–H and O–H groups in total. The molecule has 1 aromatic rings. The summed E-state index contributed by atoms with van der Waals surface area (Å²) >= 11 is 6.26. The van der Waals surface area contributed by atoms with E-state index >= 15 is 0 Å². The Morgan fingerprint density at radius 2 is 1.53 bits per heavy atom. The zero-order valence-corrected chi connectivity index (χ0v) is 28.1. The number of primary amides is 1. The number of ketones is 2. The van der Waals surface area contributed by atoms with Gasteiger partial charge in [0.2, 0.25) is 5.78 Å². The maximum Gasteiger partial charge on any atom is 0.303 e. The summed E-state index contributed by atoms with van der Waals surface area (Å²) in [5.74, 6) is -8.95. The van der Waals surface area contributed by atoms with Gasteiger partial charge in [-0.2, -0.15) is 0 Å². The number of aliphatic carboxylic acids is 1. The summed E-state index contributed by atoms with van der Waals surface area (Å²) in [5, 5.41) is 63.7. The molecule has 260 valence electrons. The zero-order chi connectivity index (χ0) is 35.4. The molecule has 47 heavy (non-hydrogen) atoms. The lowest BCUT2D eigenvalue weighted by Gasteiger charge is -2.52. The molecule has 1 amide bonds. The number of halogens is 1. The number of phenols is 1. The van der Waals surface area contributed by atoms with E-state index in [0.717, 1.165) is 18.9 Å². The highest BCUT2D eigenvalue weighted by Crippen LogP contribution is 2.57. The van der Waals surface area contributed by atoms with Crippen LogP contribution in [-0.2, 0) is 20.0 Å². The first kappa shape index (κ1) is 38.0. The Morgan fingerprint density at radius 3 is 2.04 bits per heavy atom. The number of nitrogens with zero attached hydrogens (tertiary/aromatic N) is 1. The third-order valence-electron chi connectivity index (χ3n) is 9.57. The van der Waals surface area contributed by atoms with Crippen LogP contribution < -0.4 is 5.73 Å². The molecule has 0 spiro atoms. The van der Waals surface area contributed by atoms with Crippen LogP contribution in [-0.4, -0.2) is 84.7 Å². The standard InChI is InChI=1S/C22H23ClN2O8.C12H24O2/c1-21(32)7-6-8-15(25(2)3)17(28)13(20(24)31)19(30)22(8,33)18(29)11(7)16(27)12-10(26)5-4-9(23)14(12)21;1-2-3-4-5-6-7-8-9-10-11-12(13)14/h4-5,7-8,15,26,28-29,32-33H,6H2,1-3H3,(H2,24,31);2-11H2,1H3,(H,13,14)/t7-,8-,15-,21-,22-;/m0./s1. The smallest absolute Gasteiger partial charge is 0.303 e. The van der Waals surface area contributed by atoms with E-state index in [4.69, 9.17) is 22.4 Å². The van der Waals surface area contributed by atoms with Crippen molar-refractivity contribution in [2.24, 2.45) is 17.6 Å². The molecule has 0 saturated carbocycles. The van der Waals surface area contributed by atoms with E-state index < -0.39 is 80.9 Å². The summed E-state index contributed by atoms with van der Waals surface area (Å²) in [4.78, 5) is 50.2. The fourth-order valence-corrected chi connectivity index (χ4v) is 7.52. The van der Waals surface area contributed by atoms with Gasteiger partial charge in [0, 0.05) is 34.4 Å². The number of aliphatic hydroxyl groups is 4. The molecule has 13 heteroatoms. The number of rotatable bonds is 12. The summed E-state index contributed by atoms with van der Waals surface area (Å²) in [7, 11) is 3.03. The second-order valence-corrected chi connectivity index (χ2v) is 13.5. The highest BCUT2D eigenvalue weighted by molar-refractivity contribution is 6.33. The van der Waals surface area contributed by atoms with E-state index in [1.807, 2.05) is 0 Å². The van der Waals surface area contributed by atoms with Gasteiger partial charge in [-0.3, -0.25) is 24.1 Å². The number of aromatic hydroxyl groups is 1. The first-order valence-corrected chi connectivity index (χ1v) is 16.4. The molecule has 0 bridgehead atoms. The van der Waals surface area contributed by atoms with Gasteiger partial charge in [-0.25, -0.2) is 0 Å². The van der Waals surface area contributed by atoms with Crippen LogP contribution in [0.5, 0.6) is 5.75 Å². The third-order valence-corrected chi connectivity index (χ3v) is 9.88. The van der Waals surface area contributed by atoms with Gasteiger partial charge in [0.1, 0.15) is 22.8 Å². The van der Waals surface area contributed by atoms with Crippen molar-refractivity contribution >= 4 is 35.0 Å². The number of carbonyl (C=O) groups excluding carboxylic acids is 3. The Hall–Kier alpha value is -3.45. The van der Waals surface area contributed by atoms with Crippen molar-refractivity contribution in [2.45, 2.75) is 102 Å². The number of aliphatic hydroxyl groups excluding tert-OH is 2. The molecule has 0 aliphatic heterocycles. The second kappa shape index (κ2) is 15.2. The number of likely N-dealkylation sites (N-methyl/N-ethyl adjacent to an activating group) is 1. The molecule has 3 aliphatic rings. The third kappa shape index (κ3) is 7.20. The number of phenolic OH excluding ortho intramolecular Hbond substituents is 1. The quantitative estimate of drug-likeness (QED) is 0.121. The van der Waals surface area contributed by atoms with Crippen molar-refractivity contribution in [3.05, 3.63) is 50.9 Å². The Kier molecular flexibility index (Phi) is 12.3. The fourth-order valence-electron chi connectivity index (χ4n) is 7.17. The molecule has 12 nitrogen and oxygen atoms in total. The molecule has 1 aromatic carbocycles. The Balaban J connectivity index is 0.000000363. The first-order valence-electron chi connectivity index (χ1n) is 16.1. The molecule has 0 unspecified atom stereocenters. The van der Waals surface area contributed by atoms with Gasteiger partial charge in [-0.1, -0.05) is 69.9 Å². The average Bonchev–Trinajstić information content (AvgIpc) is 2.97. The van der Waals surface area contributed by atoms with Crippen molar-refractivity contribution in [2.75, 3.05) is 14.1 Å². The maximum absolute atomic E-state index is 13.4. The van der Waals surface area contributed by atoms with Crippen LogP contribution in [0.15, 0.2) is 34.8 Å². The van der Waals surface area contributed by atoms with Gasteiger partial charge < -0.3 is 36.4 Å². The van der Waals surface area contributed by atoms with Crippen LogP contribution in [0.4, 0.5) is 0 Å². The van der Waals surface area contributed by atoms with Crippen LogP contribution in [0, 0.1) is 11.8 Å². The van der Waals surface area contributed by atoms with Crippen molar-refractivity contribution in [3.8, 4) is 5.75 Å². The predicted molar refractivity (Wildman–Crippen MR) is 174 cm³/mol. The van der Waals surface area contributed by atoms with Crippen LogP contribution in [0.1, 0.15) is 100 Å². The van der Waals surface area contributed by atoms with Crippen molar-refractivity contribution < 1.29 is 49.8 Å². The van der Waals surface area contributed by atoms with Crippen LogP contribution >= 0.6 is 11.6 Å². The summed E-state index contributed by atoms with van der Waals surface area (Å²) in [6.45, 7) is 3.57. The molecule has 0 heterocycles. The van der Waals surface area contributed by atoms with Crippen LogP contribution in [0.3, 0.4) is 0 Å². The number of carboxylic acid groups (broad SMARTS) is 1. The number of benzene rings is 1. The van der Waals surface area contributed by atoms with Crippen molar-refractivity contribution in [3.63, 3.8) is 0 Å². The number of carbonyl (C=O) groups is 4. The fraction of sp³-hybridized carbons (Fsp3) is 0.588. The number of unbranched alkanes of at least 4 members (excludes halogenated alkanes) is 8. The minimum absolute atomic E-state index is 0.00293. The summed E-state index contributed by atoms with van der Waals surface area (Å²) in [6, 6.07) is 1.30. The van der Waals surface area contributed by atoms with Gasteiger partial charge in [0.15, 0.2) is 11.4 Å². The normalized spacial score (nSPS) is 26.8. The Bertz CT molecular complexity index is 1470. The van der Waals surface area contributed by atoms with Gasteiger partial charge in [0.05, 0.1) is 17.2 Å². The lowest BCUT2D eigenvalue weighted by molar-refractivity contribution is -0.152. The zero-order valence-electron chi connectivity index (χ0n) is 27.4. The van der Waals surface area contributed by atoms with E-state index in [9.17, 15) is 44.7 Å². The highest BCUT2D eigenvalue weighted by atomic mass is 35.5. The number of hydrogen-bond donors (Lipinski definition) is 7. The molecular formula is C34H47ClN2O10. The number of hydrogen-bond acceptors (Lipinski definition) is 10. The second-order valence-electron chi connectivity index (χ2n) is 13.1. The van der Waals surface area contributed by atoms with E-state index in [0.29, 0.717) is 6.42 Å². The van der Waals surface area contributed by atoms with Crippen molar-refractivity contribution in [1.29, 1.82) is 0 Å². The minimum Gasteiger partial charge on any atom is -0.510 e. The first-order chi connectivity index (χ1) is 22.0. The number of amides is 1. The van der Waals surface area contributed by atoms with E-state index in [2.05, 4.69) is 6.92 Å². The van der Waals surface area contributed by atoms with Crippen LogP contribution in [0.25, 0.3) is 0 Å². The Morgan fingerprint density at radius 1 is 0.979 bits per heavy atom. The number of fused-ring (bicyclic) bond motifs is 3. The molecule has 0 radical (unpaired) electrons. The molecule has 5 atom stereocenters. The van der Waals surface area contributed by atoms with E-state index in [-0.39, 0.29) is 22.6 Å². The van der Waals surface area contributed by atoms with E-state index in [1.54, 1.807) is 0 Å². The number of Topliss-reactive ketones (excluding diaryl/α,β-unsaturated/α-hetero) is 2. The topological polar surface area (TPSA) is 219 Å². The highest BCUT2D eigenvalue weighted by Gasteiger charge is 2.65. The lowest BCUT2D eigenvalue weighted by Crippen LogP contribution is -2.65. The molecular weight excluding hydrogens is 632 g/mol. The predicted octanol–water partition coefficient (Wildman–Crippen LogP) is 4.43. The largest absolute Gasteiger partial charge is 0.510 e. The minimum atomic E-state index is -2.78. The average molecular weight is 679 g/mol. The number of carboxylic acids is 1.